The Labute approximate surface area is 70.4 Å². The molecule has 63 valence electrons. The van der Waals surface area contributed by atoms with Gasteiger partial charge < -0.3 is 8.85 Å². The highest BCUT2D eigenvalue weighted by molar-refractivity contribution is 6.50. The molecule has 0 aliphatic carbocycles. The minimum absolute atomic E-state index is 0.214. The monoisotopic (exact) mass is 171 g/mol. The minimum atomic E-state index is -1.30. The fourth-order valence-electron chi connectivity index (χ4n) is 0.773. The first-order valence-corrected chi connectivity index (χ1v) is 4.69. The van der Waals surface area contributed by atoms with Crippen molar-refractivity contribution in [3.05, 3.63) is 25.3 Å². The van der Waals surface area contributed by atoms with Crippen LogP contribution in [-0.4, -0.2) is 23.5 Å². The van der Waals surface area contributed by atoms with E-state index >= 15 is 0 Å². The van der Waals surface area contributed by atoms with Gasteiger partial charge in [-0.1, -0.05) is 19.1 Å². The van der Waals surface area contributed by atoms with E-state index in [0.717, 1.165) is 0 Å². The molecule has 0 unspecified atom stereocenters. The van der Waals surface area contributed by atoms with Crippen LogP contribution in [0.25, 0.3) is 0 Å². The molecule has 0 amide bonds. The third kappa shape index (κ3) is 2.29. The van der Waals surface area contributed by atoms with Crippen LogP contribution in [0.2, 0.25) is 5.04 Å². The molecule has 0 spiro atoms. The number of hydrogen-bond acceptors (Lipinski definition) is 2. The van der Waals surface area contributed by atoms with Gasteiger partial charge in [0.2, 0.25) is 0 Å². The third-order valence-electron chi connectivity index (χ3n) is 1.66. The van der Waals surface area contributed by atoms with E-state index in [1.165, 1.54) is 0 Å². The second-order valence-electron chi connectivity index (χ2n) is 2.39. The van der Waals surface area contributed by atoms with Crippen molar-refractivity contribution in [2.75, 3.05) is 14.2 Å². The number of allylic oxidation sites excluding steroid dienone is 2. The Morgan fingerprint density at radius 3 is 1.64 bits per heavy atom. The molecule has 0 saturated heterocycles. The van der Waals surface area contributed by atoms with E-state index in [9.17, 15) is 0 Å². The van der Waals surface area contributed by atoms with Crippen LogP contribution in [0.1, 0.15) is 6.92 Å². The maximum Gasteiger partial charge on any atom is 0.398 e. The van der Waals surface area contributed by atoms with Crippen LogP contribution in [0.3, 0.4) is 0 Å². The summed E-state index contributed by atoms with van der Waals surface area (Å²) in [6.45, 7) is 9.42. The van der Waals surface area contributed by atoms with Crippen LogP contribution in [0.4, 0.5) is 0 Å². The van der Waals surface area contributed by atoms with Gasteiger partial charge >= 0.3 is 9.28 Å². The predicted octanol–water partition coefficient (Wildman–Crippen LogP) is 1.90. The molecule has 2 nitrogen and oxygen atoms in total. The predicted molar refractivity (Wildman–Crippen MR) is 48.5 cm³/mol. The van der Waals surface area contributed by atoms with Crippen molar-refractivity contribution in [2.24, 2.45) is 0 Å². The minimum Gasteiger partial charge on any atom is -0.396 e. The normalized spacial score (nSPS) is 11.6. The van der Waals surface area contributed by atoms with Gasteiger partial charge in [-0.15, -0.1) is 13.2 Å². The molecule has 0 aromatic rings. The molecule has 0 bridgehead atoms. The van der Waals surface area contributed by atoms with Crippen molar-refractivity contribution >= 4 is 9.28 Å². The van der Waals surface area contributed by atoms with E-state index in [1.54, 1.807) is 26.4 Å². The van der Waals surface area contributed by atoms with Gasteiger partial charge in [0.25, 0.3) is 0 Å². The van der Waals surface area contributed by atoms with Gasteiger partial charge in [0.05, 0.1) is 0 Å². The average Bonchev–Trinajstić information content (AvgIpc) is 2.06. The van der Waals surface area contributed by atoms with Crippen molar-refractivity contribution in [3.63, 3.8) is 0 Å². The van der Waals surface area contributed by atoms with Crippen molar-refractivity contribution in [1.29, 1.82) is 0 Å². The van der Waals surface area contributed by atoms with E-state index in [2.05, 4.69) is 13.2 Å². The Morgan fingerprint density at radius 2 is 1.55 bits per heavy atom. The summed E-state index contributed by atoms with van der Waals surface area (Å²) in [7, 11) is 1.99. The van der Waals surface area contributed by atoms with Crippen LogP contribution < -0.4 is 0 Å². The van der Waals surface area contributed by atoms with Crippen LogP contribution in [0, 0.1) is 0 Å². The number of rotatable bonds is 5. The molecular formula is C8H15O2Si. The van der Waals surface area contributed by atoms with Gasteiger partial charge in [-0.2, -0.15) is 0 Å². The second kappa shape index (κ2) is 4.49. The van der Waals surface area contributed by atoms with Crippen LogP contribution >= 0.6 is 0 Å². The van der Waals surface area contributed by atoms with E-state index in [4.69, 9.17) is 8.85 Å². The topological polar surface area (TPSA) is 18.5 Å². The highest BCUT2D eigenvalue weighted by Gasteiger charge is 2.33. The molecular weight excluding hydrogens is 156 g/mol. The molecule has 0 saturated carbocycles. The number of hydrogen-bond donors (Lipinski definition) is 0. The maximum absolute atomic E-state index is 5.18. The smallest absolute Gasteiger partial charge is 0.396 e. The molecule has 0 heterocycles. The van der Waals surface area contributed by atoms with E-state index in [-0.39, 0.29) is 5.04 Å². The molecule has 0 aromatic carbocycles. The van der Waals surface area contributed by atoms with Gasteiger partial charge in [-0.25, -0.2) is 0 Å². The zero-order valence-electron chi connectivity index (χ0n) is 7.39. The lowest BCUT2D eigenvalue weighted by atomic mass is 10.2. The SMILES string of the molecule is C=CC(C)(C=C)[Si](OC)OC. The van der Waals surface area contributed by atoms with Crippen LogP contribution in [0.5, 0.6) is 0 Å². The Morgan fingerprint density at radius 1 is 1.18 bits per heavy atom. The van der Waals surface area contributed by atoms with E-state index in [0.29, 0.717) is 0 Å². The molecule has 3 heteroatoms. The van der Waals surface area contributed by atoms with Crippen molar-refractivity contribution in [1.82, 2.24) is 0 Å². The van der Waals surface area contributed by atoms with Crippen LogP contribution in [-0.2, 0) is 8.85 Å². The lowest BCUT2D eigenvalue weighted by Crippen LogP contribution is -2.31. The summed E-state index contributed by atoms with van der Waals surface area (Å²) >= 11 is 0. The standard InChI is InChI=1S/C8H15O2Si/c1-6-8(3,7-2)11(9-4)10-5/h6-7H,1-2H2,3-5H3. The molecule has 0 N–H and O–H groups in total. The average molecular weight is 171 g/mol. The lowest BCUT2D eigenvalue weighted by Gasteiger charge is -2.25. The quantitative estimate of drug-likeness (QED) is 0.464. The summed E-state index contributed by atoms with van der Waals surface area (Å²) in [6.07, 6.45) is 3.61. The molecule has 0 aliphatic heterocycles. The largest absolute Gasteiger partial charge is 0.398 e. The molecule has 0 fully saturated rings. The molecule has 11 heavy (non-hydrogen) atoms. The Hall–Kier alpha value is -0.383. The van der Waals surface area contributed by atoms with Crippen molar-refractivity contribution in [2.45, 2.75) is 12.0 Å². The first kappa shape index (κ1) is 10.6. The summed E-state index contributed by atoms with van der Waals surface area (Å²) in [6, 6.07) is 0. The fourth-order valence-corrected chi connectivity index (χ4v) is 2.15. The zero-order valence-corrected chi connectivity index (χ0v) is 8.39. The van der Waals surface area contributed by atoms with Gasteiger partial charge in [0, 0.05) is 19.3 Å². The Bertz CT molecular complexity index is 133. The van der Waals surface area contributed by atoms with Crippen molar-refractivity contribution in [3.8, 4) is 0 Å². The summed E-state index contributed by atoms with van der Waals surface area (Å²) in [5, 5.41) is -0.214. The maximum atomic E-state index is 5.18. The molecule has 0 rings (SSSR count). The molecule has 0 aliphatic rings. The van der Waals surface area contributed by atoms with E-state index < -0.39 is 9.28 Å². The molecule has 0 aromatic heterocycles. The first-order valence-electron chi connectivity index (χ1n) is 3.37. The highest BCUT2D eigenvalue weighted by Crippen LogP contribution is 2.32. The third-order valence-corrected chi connectivity index (χ3v) is 3.69. The zero-order chi connectivity index (χ0) is 8.91. The highest BCUT2D eigenvalue weighted by atomic mass is 28.3. The van der Waals surface area contributed by atoms with Gasteiger partial charge in [0.1, 0.15) is 0 Å². The second-order valence-corrected chi connectivity index (χ2v) is 4.86. The molecule has 0 atom stereocenters. The van der Waals surface area contributed by atoms with Gasteiger partial charge in [-0.3, -0.25) is 0 Å². The summed E-state index contributed by atoms with van der Waals surface area (Å²) in [4.78, 5) is 0. The summed E-state index contributed by atoms with van der Waals surface area (Å²) < 4.78 is 10.4. The first-order chi connectivity index (χ1) is 5.14. The van der Waals surface area contributed by atoms with Gasteiger partial charge in [0.15, 0.2) is 0 Å². The lowest BCUT2D eigenvalue weighted by molar-refractivity contribution is 0.263. The van der Waals surface area contributed by atoms with E-state index in [1.807, 2.05) is 6.92 Å². The summed E-state index contributed by atoms with van der Waals surface area (Å²) in [5.74, 6) is 0. The fraction of sp³-hybridized carbons (Fsp3) is 0.500. The Kier molecular flexibility index (Phi) is 4.33. The van der Waals surface area contributed by atoms with Gasteiger partial charge in [-0.05, 0) is 0 Å². The molecule has 1 radical (unpaired) electrons. The van der Waals surface area contributed by atoms with Crippen LogP contribution in [0.15, 0.2) is 25.3 Å². The Balaban J connectivity index is 4.43. The summed E-state index contributed by atoms with van der Waals surface area (Å²) in [5.41, 5.74) is 0. The van der Waals surface area contributed by atoms with Crippen molar-refractivity contribution < 1.29 is 8.85 Å².